The Kier molecular flexibility index (Phi) is 8.15. The molecular formula is C26H32O10. The van der Waals surface area contributed by atoms with Gasteiger partial charge in [-0.3, -0.25) is 19.2 Å². The van der Waals surface area contributed by atoms with E-state index in [0.717, 1.165) is 0 Å². The molecule has 0 amide bonds. The second-order valence-corrected chi connectivity index (χ2v) is 9.52. The number of esters is 4. The van der Waals surface area contributed by atoms with Gasteiger partial charge in [0.2, 0.25) is 0 Å². The first-order chi connectivity index (χ1) is 17.1. The van der Waals surface area contributed by atoms with E-state index in [1.807, 2.05) is 0 Å². The summed E-state index contributed by atoms with van der Waals surface area (Å²) >= 11 is 0. The topological polar surface area (TPSA) is 139 Å². The zero-order chi connectivity index (χ0) is 26.7. The molecule has 0 unspecified atom stereocenters. The van der Waals surface area contributed by atoms with Gasteiger partial charge in [0, 0.05) is 12.8 Å². The summed E-state index contributed by atoms with van der Waals surface area (Å²) in [5, 5.41) is 0. The van der Waals surface area contributed by atoms with Gasteiger partial charge in [0.1, 0.15) is 24.8 Å². The van der Waals surface area contributed by atoms with Gasteiger partial charge in [-0.2, -0.15) is 0 Å². The van der Waals surface area contributed by atoms with Gasteiger partial charge in [0.25, 0.3) is 0 Å². The molecule has 3 rings (SSSR count). The number of carbonyl (C=O) groups excluding carboxylic acids is 6. The van der Waals surface area contributed by atoms with Crippen LogP contribution in [0.4, 0.5) is 0 Å². The van der Waals surface area contributed by atoms with E-state index >= 15 is 0 Å². The number of Topliss-reactive ketones (excluding diaryl/α,β-unsaturated/α-hetero) is 2. The van der Waals surface area contributed by atoms with E-state index in [0.29, 0.717) is 12.8 Å². The van der Waals surface area contributed by atoms with Crippen molar-refractivity contribution in [1.29, 1.82) is 0 Å². The lowest BCUT2D eigenvalue weighted by molar-refractivity contribution is -0.245. The molecule has 0 radical (unpaired) electrons. The average molecular weight is 505 g/mol. The molecular weight excluding hydrogens is 472 g/mol. The molecule has 10 nitrogen and oxygen atoms in total. The minimum absolute atomic E-state index is 0.0730. The highest BCUT2D eigenvalue weighted by Gasteiger charge is 2.82. The molecule has 0 aromatic heterocycles. The third-order valence-corrected chi connectivity index (χ3v) is 7.41. The lowest BCUT2D eigenvalue weighted by atomic mass is 9.32. The van der Waals surface area contributed by atoms with E-state index in [4.69, 9.17) is 18.9 Å². The van der Waals surface area contributed by atoms with Gasteiger partial charge < -0.3 is 18.9 Å². The number of ketones is 2. The minimum Gasteiger partial charge on any atom is -0.459 e. The zero-order valence-corrected chi connectivity index (χ0v) is 20.6. The van der Waals surface area contributed by atoms with Gasteiger partial charge in [-0.1, -0.05) is 25.3 Å². The minimum atomic E-state index is -1.58. The monoisotopic (exact) mass is 504 g/mol. The predicted octanol–water partition coefficient (Wildman–Crippen LogP) is 2.03. The molecule has 3 saturated carbocycles. The van der Waals surface area contributed by atoms with E-state index < -0.39 is 58.8 Å². The van der Waals surface area contributed by atoms with Gasteiger partial charge in [-0.25, -0.2) is 9.59 Å². The number of ether oxygens (including phenoxy) is 4. The summed E-state index contributed by atoms with van der Waals surface area (Å²) in [4.78, 5) is 77.9. The summed E-state index contributed by atoms with van der Waals surface area (Å²) in [6.07, 6.45) is 1.38. The first kappa shape index (κ1) is 27.3. The number of rotatable bonds is 10. The molecule has 0 heterocycles. The van der Waals surface area contributed by atoms with E-state index in [1.54, 1.807) is 0 Å². The Morgan fingerprint density at radius 2 is 1.17 bits per heavy atom. The Bertz CT molecular complexity index is 893. The Hall–Kier alpha value is -3.30. The fourth-order valence-electron chi connectivity index (χ4n) is 6.11. The molecule has 3 aliphatic carbocycles. The van der Waals surface area contributed by atoms with Crippen LogP contribution < -0.4 is 0 Å². The number of carbonyl (C=O) groups is 6. The van der Waals surface area contributed by atoms with Crippen molar-refractivity contribution >= 4 is 35.4 Å². The molecule has 0 saturated heterocycles. The fraction of sp³-hybridized carbons (Fsp3) is 0.615. The maximum absolute atomic E-state index is 13.5. The quantitative estimate of drug-likeness (QED) is 0.247. The zero-order valence-electron chi connectivity index (χ0n) is 20.6. The van der Waals surface area contributed by atoms with Crippen molar-refractivity contribution in [2.75, 3.05) is 13.2 Å². The highest BCUT2D eigenvalue weighted by atomic mass is 16.6. The van der Waals surface area contributed by atoms with Crippen LogP contribution in [0, 0.1) is 22.7 Å². The average Bonchev–Trinajstić information content (AvgIpc) is 2.83. The standard InChI is InChI=1S/C26H32O10/c1-5-13-33-21(29)15(3)35-23(31)25-11-7-9-17(27)19(25)26(12-8-10-18(28)20(25)26)24(32)36-16(4)22(30)34-14-6-2/h5-6,15-16,19-20H,1-2,7-14H2,3-4H3/t15-,16-,19?,20?,25?,26?/m0/s1. The molecule has 0 N–H and O–H groups in total. The van der Waals surface area contributed by atoms with E-state index in [9.17, 15) is 28.8 Å². The van der Waals surface area contributed by atoms with Crippen molar-refractivity contribution in [3.05, 3.63) is 25.3 Å². The Morgan fingerprint density at radius 3 is 1.50 bits per heavy atom. The van der Waals surface area contributed by atoms with Gasteiger partial charge in [0.05, 0.1) is 22.7 Å². The highest BCUT2D eigenvalue weighted by molar-refractivity contribution is 6.07. The van der Waals surface area contributed by atoms with Crippen LogP contribution in [0.2, 0.25) is 0 Å². The third-order valence-electron chi connectivity index (χ3n) is 7.41. The van der Waals surface area contributed by atoms with Crippen molar-refractivity contribution in [3.8, 4) is 0 Å². The number of hydrogen-bond donors (Lipinski definition) is 0. The third kappa shape index (κ3) is 4.37. The van der Waals surface area contributed by atoms with Crippen molar-refractivity contribution in [3.63, 3.8) is 0 Å². The molecule has 10 heteroatoms. The van der Waals surface area contributed by atoms with Crippen molar-refractivity contribution in [2.24, 2.45) is 22.7 Å². The summed E-state index contributed by atoms with van der Waals surface area (Å²) in [6, 6.07) is 0. The first-order valence-corrected chi connectivity index (χ1v) is 12.1. The first-order valence-electron chi connectivity index (χ1n) is 12.1. The summed E-state index contributed by atoms with van der Waals surface area (Å²) in [5.74, 6) is -6.36. The largest absolute Gasteiger partial charge is 0.459 e. The van der Waals surface area contributed by atoms with Crippen LogP contribution in [0.5, 0.6) is 0 Å². The Morgan fingerprint density at radius 1 is 0.806 bits per heavy atom. The Balaban J connectivity index is 1.93. The second kappa shape index (κ2) is 10.8. The molecule has 0 aliphatic heterocycles. The van der Waals surface area contributed by atoms with E-state index in [2.05, 4.69) is 13.2 Å². The van der Waals surface area contributed by atoms with Crippen LogP contribution >= 0.6 is 0 Å². The van der Waals surface area contributed by atoms with Crippen LogP contribution in [0.1, 0.15) is 52.4 Å². The lowest BCUT2D eigenvalue weighted by Gasteiger charge is -2.66. The fourth-order valence-corrected chi connectivity index (χ4v) is 6.11. The van der Waals surface area contributed by atoms with Crippen molar-refractivity contribution < 1.29 is 47.7 Å². The highest BCUT2D eigenvalue weighted by Crippen LogP contribution is 2.72. The van der Waals surface area contributed by atoms with Crippen LogP contribution in [0.3, 0.4) is 0 Å². The molecule has 2 atom stereocenters. The molecule has 0 aromatic rings. The lowest BCUT2D eigenvalue weighted by Crippen LogP contribution is -2.77. The van der Waals surface area contributed by atoms with Crippen molar-refractivity contribution in [2.45, 2.75) is 64.6 Å². The van der Waals surface area contributed by atoms with Crippen LogP contribution in [-0.2, 0) is 47.7 Å². The van der Waals surface area contributed by atoms with Gasteiger partial charge in [-0.05, 0) is 39.5 Å². The predicted molar refractivity (Wildman–Crippen MR) is 123 cm³/mol. The van der Waals surface area contributed by atoms with Gasteiger partial charge >= 0.3 is 23.9 Å². The molecule has 196 valence electrons. The summed E-state index contributed by atoms with van der Waals surface area (Å²) < 4.78 is 20.7. The van der Waals surface area contributed by atoms with E-state index in [1.165, 1.54) is 26.0 Å². The normalized spacial score (nSPS) is 30.3. The molecule has 0 bridgehead atoms. The SMILES string of the molecule is C=CCOC(=O)[C@H](C)OC(=O)C12CCCC(=O)C1C1(C(=O)O[C@@H](C)C(=O)OCC=C)CCCC(=O)C21. The maximum Gasteiger partial charge on any atom is 0.347 e. The Labute approximate surface area is 209 Å². The van der Waals surface area contributed by atoms with Crippen LogP contribution in [-0.4, -0.2) is 60.9 Å². The summed E-state index contributed by atoms with van der Waals surface area (Å²) in [6.45, 7) is 9.42. The smallest absolute Gasteiger partial charge is 0.347 e. The molecule has 36 heavy (non-hydrogen) atoms. The van der Waals surface area contributed by atoms with Crippen LogP contribution in [0.15, 0.2) is 25.3 Å². The van der Waals surface area contributed by atoms with Gasteiger partial charge in [0.15, 0.2) is 12.2 Å². The molecule has 3 fully saturated rings. The number of fused-ring (bicyclic) bond motifs is 4. The second-order valence-electron chi connectivity index (χ2n) is 9.52. The summed E-state index contributed by atoms with van der Waals surface area (Å²) in [5.41, 5.74) is -3.16. The maximum atomic E-state index is 13.5. The summed E-state index contributed by atoms with van der Waals surface area (Å²) in [7, 11) is 0. The van der Waals surface area contributed by atoms with Crippen molar-refractivity contribution in [1.82, 2.24) is 0 Å². The van der Waals surface area contributed by atoms with Gasteiger partial charge in [-0.15, -0.1) is 0 Å². The number of hydrogen-bond acceptors (Lipinski definition) is 10. The molecule has 0 aromatic carbocycles. The molecule has 3 aliphatic rings. The molecule has 0 spiro atoms. The van der Waals surface area contributed by atoms with E-state index in [-0.39, 0.29) is 50.5 Å². The van der Waals surface area contributed by atoms with Crippen LogP contribution in [0.25, 0.3) is 0 Å².